The molecular formula is C23H31N3O4S. The SMILES string of the molecule is CCCCNC(=O)C1N(CCO)C(=O)[C@@H]2[C@H](C(=O)NCc3ccccc3)[C@@H]3CCC12S3. The number of likely N-dealkylation sites (tertiary alicyclic amines) is 1. The number of rotatable bonds is 9. The van der Waals surface area contributed by atoms with Crippen LogP contribution in [-0.4, -0.2) is 63.5 Å². The quantitative estimate of drug-likeness (QED) is 0.498. The highest BCUT2D eigenvalue weighted by Crippen LogP contribution is 2.66. The van der Waals surface area contributed by atoms with Gasteiger partial charge in [-0.3, -0.25) is 14.4 Å². The molecule has 31 heavy (non-hydrogen) atoms. The first kappa shape index (κ1) is 22.1. The van der Waals surface area contributed by atoms with Gasteiger partial charge in [-0.25, -0.2) is 0 Å². The number of hydrogen-bond donors (Lipinski definition) is 3. The Hall–Kier alpha value is -2.06. The number of fused-ring (bicyclic) bond motifs is 1. The Balaban J connectivity index is 1.55. The van der Waals surface area contributed by atoms with E-state index in [9.17, 15) is 19.5 Å². The van der Waals surface area contributed by atoms with Crippen molar-refractivity contribution in [3.63, 3.8) is 0 Å². The zero-order chi connectivity index (χ0) is 22.0. The average Bonchev–Trinajstić information content (AvgIpc) is 3.41. The van der Waals surface area contributed by atoms with Gasteiger partial charge in [-0.1, -0.05) is 43.7 Å². The molecule has 1 aromatic rings. The van der Waals surface area contributed by atoms with Crippen molar-refractivity contribution in [2.45, 2.75) is 55.2 Å². The van der Waals surface area contributed by atoms with E-state index in [1.807, 2.05) is 30.3 Å². The summed E-state index contributed by atoms with van der Waals surface area (Å²) in [4.78, 5) is 41.3. The van der Waals surface area contributed by atoms with Gasteiger partial charge in [0, 0.05) is 24.9 Å². The van der Waals surface area contributed by atoms with Gasteiger partial charge in [-0.2, -0.15) is 0 Å². The molecule has 4 rings (SSSR count). The Labute approximate surface area is 187 Å². The topological polar surface area (TPSA) is 98.7 Å². The number of β-amino-alcohol motifs (C(OH)–C–C–N with tert-alkyl or cyclic N) is 1. The lowest BCUT2D eigenvalue weighted by Crippen LogP contribution is -2.54. The summed E-state index contributed by atoms with van der Waals surface area (Å²) < 4.78 is -0.581. The Bertz CT molecular complexity index is 835. The molecule has 3 aliphatic rings. The van der Waals surface area contributed by atoms with Crippen molar-refractivity contribution in [2.24, 2.45) is 11.8 Å². The predicted molar refractivity (Wildman–Crippen MR) is 119 cm³/mol. The molecule has 2 bridgehead atoms. The molecule has 3 heterocycles. The third-order valence-electron chi connectivity index (χ3n) is 6.83. The maximum Gasteiger partial charge on any atom is 0.244 e. The highest BCUT2D eigenvalue weighted by atomic mass is 32.2. The van der Waals surface area contributed by atoms with Gasteiger partial charge >= 0.3 is 0 Å². The molecular weight excluding hydrogens is 414 g/mol. The summed E-state index contributed by atoms with van der Waals surface area (Å²) in [6.45, 7) is 2.97. The number of carbonyl (C=O) groups is 3. The lowest BCUT2D eigenvalue weighted by molar-refractivity contribution is -0.140. The van der Waals surface area contributed by atoms with Crippen LogP contribution >= 0.6 is 11.8 Å². The maximum absolute atomic E-state index is 13.4. The number of aliphatic hydroxyl groups excluding tert-OH is 1. The van der Waals surface area contributed by atoms with Gasteiger partial charge in [0.25, 0.3) is 0 Å². The van der Waals surface area contributed by atoms with E-state index in [-0.39, 0.29) is 36.1 Å². The first-order valence-electron chi connectivity index (χ1n) is 11.2. The van der Waals surface area contributed by atoms with Gasteiger partial charge in [0.1, 0.15) is 6.04 Å². The minimum absolute atomic E-state index is 0.0481. The standard InChI is InChI=1S/C23H31N3O4S/c1-2-3-11-24-21(29)19-23-10-9-16(31-23)17(18(23)22(30)26(19)12-13-27)20(28)25-14-15-7-5-4-6-8-15/h4-8,16-19,27H,2-3,9-14H2,1H3,(H,24,29)(H,25,28)/t16-,17+,18-,19?,23?/m0/s1. The molecule has 0 aliphatic carbocycles. The van der Waals surface area contributed by atoms with Crippen molar-refractivity contribution in [3.8, 4) is 0 Å². The normalized spacial score (nSPS) is 31.0. The third-order valence-corrected chi connectivity index (χ3v) is 8.78. The maximum atomic E-state index is 13.4. The second-order valence-corrected chi connectivity index (χ2v) is 10.3. The second-order valence-electron chi connectivity index (χ2n) is 8.66. The number of thioether (sulfide) groups is 1. The van der Waals surface area contributed by atoms with E-state index in [2.05, 4.69) is 17.6 Å². The second kappa shape index (κ2) is 9.20. The Morgan fingerprint density at radius 3 is 2.71 bits per heavy atom. The predicted octanol–water partition coefficient (Wildman–Crippen LogP) is 1.30. The number of hydrogen-bond acceptors (Lipinski definition) is 5. The Morgan fingerprint density at radius 2 is 2.00 bits per heavy atom. The van der Waals surface area contributed by atoms with Crippen LogP contribution in [0, 0.1) is 11.8 Å². The molecule has 1 aromatic carbocycles. The summed E-state index contributed by atoms with van der Waals surface area (Å²) in [6, 6.07) is 9.07. The fraction of sp³-hybridized carbons (Fsp3) is 0.609. The van der Waals surface area contributed by atoms with Crippen molar-refractivity contribution in [2.75, 3.05) is 19.7 Å². The smallest absolute Gasteiger partial charge is 0.244 e. The molecule has 5 atom stereocenters. The molecule has 3 saturated heterocycles. The van der Waals surface area contributed by atoms with Crippen LogP contribution in [0.15, 0.2) is 30.3 Å². The fourth-order valence-electron chi connectivity index (χ4n) is 5.49. The molecule has 3 fully saturated rings. The Kier molecular flexibility index (Phi) is 6.57. The van der Waals surface area contributed by atoms with Crippen molar-refractivity contribution in [3.05, 3.63) is 35.9 Å². The molecule has 8 heteroatoms. The molecule has 168 valence electrons. The zero-order valence-corrected chi connectivity index (χ0v) is 18.7. The minimum Gasteiger partial charge on any atom is -0.395 e. The van der Waals surface area contributed by atoms with Crippen LogP contribution in [-0.2, 0) is 20.9 Å². The molecule has 0 aromatic heterocycles. The third kappa shape index (κ3) is 3.84. The molecule has 3 aliphatic heterocycles. The molecule has 2 unspecified atom stereocenters. The van der Waals surface area contributed by atoms with Gasteiger partial charge in [0.2, 0.25) is 17.7 Å². The van der Waals surface area contributed by atoms with E-state index in [4.69, 9.17) is 0 Å². The molecule has 1 spiro atoms. The number of amides is 3. The molecule has 0 radical (unpaired) electrons. The van der Waals surface area contributed by atoms with Crippen LogP contribution in [0.4, 0.5) is 0 Å². The highest BCUT2D eigenvalue weighted by Gasteiger charge is 2.73. The number of carbonyl (C=O) groups excluding carboxylic acids is 3. The van der Waals surface area contributed by atoms with Crippen molar-refractivity contribution < 1.29 is 19.5 Å². The summed E-state index contributed by atoms with van der Waals surface area (Å²) in [5.41, 5.74) is 1.01. The fourth-order valence-corrected chi connectivity index (χ4v) is 7.71. The van der Waals surface area contributed by atoms with E-state index in [1.165, 1.54) is 4.90 Å². The summed E-state index contributed by atoms with van der Waals surface area (Å²) in [5, 5.41) is 15.6. The lowest BCUT2D eigenvalue weighted by atomic mass is 9.70. The van der Waals surface area contributed by atoms with Crippen LogP contribution in [0.3, 0.4) is 0 Å². The van der Waals surface area contributed by atoms with Gasteiger partial charge in [-0.15, -0.1) is 11.8 Å². The van der Waals surface area contributed by atoms with Crippen LogP contribution in [0.25, 0.3) is 0 Å². The number of nitrogens with zero attached hydrogens (tertiary/aromatic N) is 1. The number of unbranched alkanes of at least 4 members (excludes halogenated alkanes) is 1. The molecule has 7 nitrogen and oxygen atoms in total. The van der Waals surface area contributed by atoms with E-state index >= 15 is 0 Å². The number of benzene rings is 1. The van der Waals surface area contributed by atoms with Crippen molar-refractivity contribution >= 4 is 29.5 Å². The average molecular weight is 446 g/mol. The van der Waals surface area contributed by atoms with E-state index in [1.54, 1.807) is 11.8 Å². The summed E-state index contributed by atoms with van der Waals surface area (Å²) in [7, 11) is 0. The van der Waals surface area contributed by atoms with Crippen LogP contribution < -0.4 is 10.6 Å². The first-order chi connectivity index (χ1) is 15.0. The summed E-state index contributed by atoms with van der Waals surface area (Å²) in [5.74, 6) is -1.39. The van der Waals surface area contributed by atoms with Crippen LogP contribution in [0.2, 0.25) is 0 Å². The van der Waals surface area contributed by atoms with Crippen molar-refractivity contribution in [1.29, 1.82) is 0 Å². The van der Waals surface area contributed by atoms with Crippen molar-refractivity contribution in [1.82, 2.24) is 15.5 Å². The van der Waals surface area contributed by atoms with E-state index in [0.29, 0.717) is 13.1 Å². The van der Waals surface area contributed by atoms with Gasteiger partial charge in [0.15, 0.2) is 0 Å². The number of nitrogens with one attached hydrogen (secondary N) is 2. The monoisotopic (exact) mass is 445 g/mol. The summed E-state index contributed by atoms with van der Waals surface area (Å²) in [6.07, 6.45) is 3.42. The summed E-state index contributed by atoms with van der Waals surface area (Å²) >= 11 is 1.65. The van der Waals surface area contributed by atoms with Crippen LogP contribution in [0.1, 0.15) is 38.2 Å². The first-order valence-corrected chi connectivity index (χ1v) is 12.1. The van der Waals surface area contributed by atoms with Gasteiger partial charge in [0.05, 0.1) is 23.2 Å². The largest absolute Gasteiger partial charge is 0.395 e. The van der Waals surface area contributed by atoms with Gasteiger partial charge in [-0.05, 0) is 24.8 Å². The highest BCUT2D eigenvalue weighted by molar-refractivity contribution is 8.02. The zero-order valence-electron chi connectivity index (χ0n) is 17.9. The Morgan fingerprint density at radius 1 is 1.23 bits per heavy atom. The molecule has 3 amide bonds. The minimum atomic E-state index is -0.629. The van der Waals surface area contributed by atoms with Gasteiger partial charge < -0.3 is 20.6 Å². The number of aliphatic hydroxyl groups is 1. The molecule has 0 saturated carbocycles. The lowest BCUT2D eigenvalue weighted by Gasteiger charge is -2.34. The van der Waals surface area contributed by atoms with E-state index in [0.717, 1.165) is 31.2 Å². The molecule has 3 N–H and O–H groups in total. The van der Waals surface area contributed by atoms with E-state index < -0.39 is 22.6 Å². The van der Waals surface area contributed by atoms with Crippen LogP contribution in [0.5, 0.6) is 0 Å².